The van der Waals surface area contributed by atoms with Gasteiger partial charge in [0.05, 0.1) is 9.77 Å². The van der Waals surface area contributed by atoms with Crippen LogP contribution in [0.4, 0.5) is 5.69 Å². The minimum atomic E-state index is -3.49. The molecule has 0 bridgehead atoms. The van der Waals surface area contributed by atoms with Crippen LogP contribution >= 0.6 is 11.3 Å². The molecule has 0 saturated heterocycles. The number of aryl methyl sites for hydroxylation is 2. The molecule has 0 aliphatic carbocycles. The quantitative estimate of drug-likeness (QED) is 0.732. The van der Waals surface area contributed by atoms with E-state index < -0.39 is 10.0 Å². The second-order valence-electron chi connectivity index (χ2n) is 6.63. The minimum Gasteiger partial charge on any atom is -0.307 e. The van der Waals surface area contributed by atoms with Gasteiger partial charge in [0, 0.05) is 30.2 Å². The first kappa shape index (κ1) is 20.0. The number of carbonyl (C=O) groups is 1. The Hall–Kier alpha value is -1.70. The number of amides is 1. The largest absolute Gasteiger partial charge is 0.307 e. The van der Waals surface area contributed by atoms with Gasteiger partial charge in [-0.25, -0.2) is 8.42 Å². The lowest BCUT2D eigenvalue weighted by Gasteiger charge is -2.20. The highest BCUT2D eigenvalue weighted by molar-refractivity contribution is 7.89. The van der Waals surface area contributed by atoms with Gasteiger partial charge < -0.3 is 4.90 Å². The second-order valence-corrected chi connectivity index (χ2v) is 9.83. The van der Waals surface area contributed by atoms with E-state index in [1.165, 1.54) is 26.1 Å². The molecule has 27 heavy (non-hydrogen) atoms. The fraction of sp³-hybridized carbons (Fsp3) is 0.450. The van der Waals surface area contributed by atoms with Gasteiger partial charge in [0.2, 0.25) is 10.0 Å². The molecule has 5 nitrogen and oxygen atoms in total. The van der Waals surface area contributed by atoms with Gasteiger partial charge in [0.25, 0.3) is 5.91 Å². The molecule has 146 valence electrons. The minimum absolute atomic E-state index is 0.000833. The maximum atomic E-state index is 13.0. The van der Waals surface area contributed by atoms with Crippen molar-refractivity contribution in [3.63, 3.8) is 0 Å². The molecular weight excluding hydrogens is 380 g/mol. The molecule has 2 heterocycles. The average Bonchev–Trinajstić information content (AvgIpc) is 3.24. The summed E-state index contributed by atoms with van der Waals surface area (Å²) in [6, 6.07) is 7.11. The van der Waals surface area contributed by atoms with Crippen LogP contribution in [0, 0.1) is 6.92 Å². The smallest absolute Gasteiger partial charge is 0.268 e. The Morgan fingerprint density at radius 2 is 1.89 bits per heavy atom. The molecule has 7 heteroatoms. The van der Waals surface area contributed by atoms with Crippen molar-refractivity contribution >= 4 is 33.0 Å². The van der Waals surface area contributed by atoms with Gasteiger partial charge in [-0.3, -0.25) is 4.79 Å². The fourth-order valence-corrected chi connectivity index (χ4v) is 6.14. The number of carbonyl (C=O) groups excluding carboxylic acids is 1. The predicted octanol–water partition coefficient (Wildman–Crippen LogP) is 3.85. The van der Waals surface area contributed by atoms with Crippen molar-refractivity contribution in [1.82, 2.24) is 4.31 Å². The Balaban J connectivity index is 1.91. The van der Waals surface area contributed by atoms with Crippen LogP contribution in [0.3, 0.4) is 0 Å². The van der Waals surface area contributed by atoms with Gasteiger partial charge in [0.1, 0.15) is 0 Å². The van der Waals surface area contributed by atoms with Crippen molar-refractivity contribution in [3.8, 4) is 0 Å². The summed E-state index contributed by atoms with van der Waals surface area (Å²) in [5.74, 6) is 0.000833. The second kappa shape index (κ2) is 7.73. The topological polar surface area (TPSA) is 57.7 Å². The number of hydrogen-bond donors (Lipinski definition) is 0. The van der Waals surface area contributed by atoms with Crippen LogP contribution in [0.25, 0.3) is 0 Å². The molecule has 2 aromatic rings. The summed E-state index contributed by atoms with van der Waals surface area (Å²) in [7, 11) is -3.49. The highest BCUT2D eigenvalue weighted by atomic mass is 32.2. The zero-order chi connectivity index (χ0) is 19.8. The molecule has 0 spiro atoms. The van der Waals surface area contributed by atoms with Crippen molar-refractivity contribution in [3.05, 3.63) is 45.1 Å². The van der Waals surface area contributed by atoms with E-state index >= 15 is 0 Å². The van der Waals surface area contributed by atoms with Crippen LogP contribution in [0.15, 0.2) is 29.2 Å². The number of anilines is 1. The zero-order valence-electron chi connectivity index (χ0n) is 16.3. The van der Waals surface area contributed by atoms with E-state index in [-0.39, 0.29) is 5.91 Å². The molecule has 0 atom stereocenters. The monoisotopic (exact) mass is 406 g/mol. The lowest BCUT2D eigenvalue weighted by molar-refractivity contribution is 0.0993. The number of sulfonamides is 1. The van der Waals surface area contributed by atoms with Crippen molar-refractivity contribution < 1.29 is 13.2 Å². The Bertz CT molecular complexity index is 960. The summed E-state index contributed by atoms with van der Waals surface area (Å²) in [5, 5.41) is 0. The van der Waals surface area contributed by atoms with Crippen LogP contribution < -0.4 is 4.90 Å². The first-order valence-electron chi connectivity index (χ1n) is 9.37. The summed E-state index contributed by atoms with van der Waals surface area (Å²) in [6.45, 7) is 9.27. The SMILES string of the molecule is CCc1cc(C(=O)N2CCc3cc(S(=O)(=O)N(CC)CC)ccc32)sc1C. The van der Waals surface area contributed by atoms with Crippen LogP contribution in [0.2, 0.25) is 0 Å². The first-order valence-corrected chi connectivity index (χ1v) is 11.6. The standard InChI is InChI=1S/C20H26N2O3S2/c1-5-15-13-19(26-14(15)4)20(23)22-11-10-16-12-17(8-9-18(16)22)27(24,25)21(6-2)7-3/h8-9,12-13H,5-7,10-11H2,1-4H3. The summed E-state index contributed by atoms with van der Waals surface area (Å²) < 4.78 is 27.0. The summed E-state index contributed by atoms with van der Waals surface area (Å²) in [5.41, 5.74) is 2.95. The molecule has 1 aromatic heterocycles. The molecule has 1 aliphatic rings. The van der Waals surface area contributed by atoms with E-state index in [9.17, 15) is 13.2 Å². The third kappa shape index (κ3) is 3.56. The molecule has 0 N–H and O–H groups in total. The van der Waals surface area contributed by atoms with Crippen LogP contribution in [-0.4, -0.2) is 38.3 Å². The van der Waals surface area contributed by atoms with Crippen molar-refractivity contribution in [2.24, 2.45) is 0 Å². The predicted molar refractivity (Wildman–Crippen MR) is 110 cm³/mol. The van der Waals surface area contributed by atoms with Gasteiger partial charge in [-0.15, -0.1) is 11.3 Å². The summed E-state index contributed by atoms with van der Waals surface area (Å²) >= 11 is 1.53. The van der Waals surface area contributed by atoms with E-state index in [0.29, 0.717) is 31.0 Å². The molecule has 3 rings (SSSR count). The van der Waals surface area contributed by atoms with Gasteiger partial charge in [-0.05, 0) is 55.2 Å². The normalized spacial score (nSPS) is 14.0. The first-order chi connectivity index (χ1) is 12.8. The van der Waals surface area contributed by atoms with E-state index in [0.717, 1.165) is 22.5 Å². The van der Waals surface area contributed by atoms with Crippen LogP contribution in [0.1, 0.15) is 46.4 Å². The van der Waals surface area contributed by atoms with Crippen LogP contribution in [0.5, 0.6) is 0 Å². The lowest BCUT2D eigenvalue weighted by atomic mass is 10.2. The van der Waals surface area contributed by atoms with Gasteiger partial charge >= 0.3 is 0 Å². The zero-order valence-corrected chi connectivity index (χ0v) is 17.9. The maximum Gasteiger partial charge on any atom is 0.268 e. The number of nitrogens with zero attached hydrogens (tertiary/aromatic N) is 2. The molecular formula is C20H26N2O3S2. The number of fused-ring (bicyclic) bond motifs is 1. The van der Waals surface area contributed by atoms with Crippen LogP contribution in [-0.2, 0) is 22.9 Å². The van der Waals surface area contributed by atoms with Crippen molar-refractivity contribution in [2.45, 2.75) is 45.4 Å². The number of hydrogen-bond acceptors (Lipinski definition) is 4. The van der Waals surface area contributed by atoms with E-state index in [4.69, 9.17) is 0 Å². The Morgan fingerprint density at radius 1 is 1.19 bits per heavy atom. The average molecular weight is 407 g/mol. The Morgan fingerprint density at radius 3 is 2.48 bits per heavy atom. The number of thiophene rings is 1. The van der Waals surface area contributed by atoms with Gasteiger partial charge in [-0.2, -0.15) is 4.31 Å². The van der Waals surface area contributed by atoms with Crippen molar-refractivity contribution in [2.75, 3.05) is 24.5 Å². The van der Waals surface area contributed by atoms with E-state index in [1.54, 1.807) is 23.1 Å². The van der Waals surface area contributed by atoms with Crippen molar-refractivity contribution in [1.29, 1.82) is 0 Å². The Kier molecular flexibility index (Phi) is 5.74. The lowest BCUT2D eigenvalue weighted by Crippen LogP contribution is -2.30. The number of rotatable bonds is 6. The van der Waals surface area contributed by atoms with E-state index in [2.05, 4.69) is 6.92 Å². The molecule has 1 aromatic carbocycles. The third-order valence-corrected chi connectivity index (χ3v) is 8.27. The Labute approximate surface area is 165 Å². The summed E-state index contributed by atoms with van der Waals surface area (Å²) in [6.07, 6.45) is 1.59. The molecule has 1 amide bonds. The number of benzene rings is 1. The fourth-order valence-electron chi connectivity index (χ4n) is 3.57. The molecule has 0 fully saturated rings. The molecule has 0 saturated carbocycles. The molecule has 0 unspecified atom stereocenters. The summed E-state index contributed by atoms with van der Waals surface area (Å²) in [4.78, 5) is 17.0. The van der Waals surface area contributed by atoms with Gasteiger partial charge in [0.15, 0.2) is 0 Å². The van der Waals surface area contributed by atoms with Gasteiger partial charge in [-0.1, -0.05) is 20.8 Å². The highest BCUT2D eigenvalue weighted by Gasteiger charge is 2.29. The highest BCUT2D eigenvalue weighted by Crippen LogP contribution is 2.33. The van der Waals surface area contributed by atoms with E-state index in [1.807, 2.05) is 26.8 Å². The third-order valence-electron chi connectivity index (χ3n) is 5.15. The maximum absolute atomic E-state index is 13.0. The molecule has 0 radical (unpaired) electrons. The molecule has 1 aliphatic heterocycles.